The van der Waals surface area contributed by atoms with E-state index in [0.29, 0.717) is 33.9 Å². The molecule has 0 atom stereocenters. The number of aryl methyl sites for hydroxylation is 19. The maximum atomic E-state index is 8.17. The topological polar surface area (TPSA) is 19.4 Å². The minimum absolute atomic E-state index is 0.0554. The molecule has 91 heavy (non-hydrogen) atoms. The molecule has 474 valence electrons. The smallest absolute Gasteiger partial charge is 0.201 e. The fraction of sp³-hybridized carbons (Fsp3) is 0.360. The number of hydrogen-bond donors (Lipinski definition) is 0. The van der Waals surface area contributed by atoms with E-state index in [1.165, 1.54) is 73.3 Å². The highest BCUT2D eigenvalue weighted by molar-refractivity contribution is 5.65. The van der Waals surface area contributed by atoms with Crippen LogP contribution >= 0.6 is 0 Å². The van der Waals surface area contributed by atoms with E-state index in [1.54, 1.807) is 56.0 Å². The molecule has 11 rings (SSSR count). The lowest BCUT2D eigenvalue weighted by atomic mass is 9.92. The predicted molar refractivity (Wildman–Crippen MR) is 385 cm³/mol. The van der Waals surface area contributed by atoms with Crippen molar-refractivity contribution in [1.82, 2.24) is 0 Å². The Bertz CT molecular complexity index is 4960. The van der Waals surface area contributed by atoms with Crippen molar-refractivity contribution in [2.45, 2.75) is 173 Å². The largest absolute Gasteiger partial charge is 0.212 e. The molecule has 0 saturated heterocycles. The second-order valence-electron chi connectivity index (χ2n) is 23.3. The van der Waals surface area contributed by atoms with Crippen LogP contribution in [0.15, 0.2) is 183 Å². The Labute approximate surface area is 584 Å². The molecule has 5 heterocycles. The van der Waals surface area contributed by atoms with E-state index in [9.17, 15) is 0 Å². The Morgan fingerprint density at radius 3 is 0.956 bits per heavy atom. The highest BCUT2D eigenvalue weighted by Crippen LogP contribution is 2.37. The van der Waals surface area contributed by atoms with Gasteiger partial charge in [0.05, 0.1) is 0 Å². The SMILES string of the molecule is [2H]C([2H])(C)c1cc(-c2ccccc2C)[n+](C)cc1C([2H])([2H])C.[2H]C([2H])(C)c1cc(-c2ccccc2C)[n+](C)cc1CC.[2H]C([2H])([2H])C([2H])([2H])c1cc(-c2ccccc2C)[n+](C)cc1C([2H])([2H])C([2H])([2H])[2H].[2H]C([2H])([2H])c1c[n+](C)c(-c2ccccc2C)cc1C([2H])([2H])C.[2H]C([2H])([2H])c1c[n+](C)c(-c2ccccc2C)cc1C1CCCC1. The summed E-state index contributed by atoms with van der Waals surface area (Å²) in [7, 11) is 9.19. The molecule has 1 fully saturated rings. The second kappa shape index (κ2) is 33.8. The molecule has 0 spiro atoms. The molecule has 0 amide bonds. The van der Waals surface area contributed by atoms with Crippen molar-refractivity contribution in [2.75, 3.05) is 0 Å². The Hall–Kier alpha value is -8.15. The van der Waals surface area contributed by atoms with Gasteiger partial charge in [-0.05, 0) is 198 Å². The Morgan fingerprint density at radius 1 is 0.330 bits per heavy atom. The first-order valence-corrected chi connectivity index (χ1v) is 31.3. The highest BCUT2D eigenvalue weighted by Gasteiger charge is 2.24. The molecule has 5 aromatic heterocycles. The standard InChI is InChI=1S/C19H24N.3C17H22N.C16H20N/c1-14-8-4-7-11-17(14)19-12-18(15(2)13-20(19)3)16-9-5-6-10-16;3*1-5-14-11-17(18(4)12-15(14)6-2)16-10-8-7-9-13(16)3;1-5-14-10-16(17(4)11-13(14)3)15-9-7-6-8-12(15)2/h4,7-8,11-13,16H,5-6,9-10H2,1-3H3;3*7-12H,5-6H2,1-4H3;6-11H,5H2,1-4H3/q5*+1/i2D3;1D3,2D3,5D2,6D2;5D2,6D2;5D2;3D3,5D2. The van der Waals surface area contributed by atoms with Gasteiger partial charge in [0.15, 0.2) is 31.0 Å². The molecule has 5 heteroatoms. The maximum Gasteiger partial charge on any atom is 0.212 e. The average Bonchev–Trinajstić information content (AvgIpc) is 1.58. The number of aromatic nitrogens is 5. The number of rotatable bonds is 13. The number of benzene rings is 5. The van der Waals surface area contributed by atoms with Gasteiger partial charge in [-0.2, -0.15) is 0 Å². The van der Waals surface area contributed by atoms with E-state index in [1.807, 2.05) is 148 Å². The Morgan fingerprint density at radius 2 is 0.615 bits per heavy atom. The van der Waals surface area contributed by atoms with Crippen LogP contribution in [-0.4, -0.2) is 0 Å². The van der Waals surface area contributed by atoms with Gasteiger partial charge in [0, 0.05) is 119 Å². The highest BCUT2D eigenvalue weighted by atomic mass is 14.9. The molecule has 0 radical (unpaired) electrons. The molecule has 1 aliphatic carbocycles. The first-order valence-electron chi connectivity index (χ1n) is 43.3. The third-order valence-corrected chi connectivity index (χ3v) is 17.1. The summed E-state index contributed by atoms with van der Waals surface area (Å²) in [6, 6.07) is 48.2. The summed E-state index contributed by atoms with van der Waals surface area (Å²) >= 11 is 0. The number of nitrogens with zero attached hydrogens (tertiary/aromatic N) is 5. The van der Waals surface area contributed by atoms with Gasteiger partial charge in [0.2, 0.25) is 28.5 Å². The summed E-state index contributed by atoms with van der Waals surface area (Å²) in [5.74, 6) is 0.384. The molecule has 5 aromatic carbocycles. The van der Waals surface area contributed by atoms with Gasteiger partial charge in [-0.3, -0.25) is 0 Å². The fourth-order valence-electron chi connectivity index (χ4n) is 11.9. The lowest BCUT2D eigenvalue weighted by Gasteiger charge is -2.14. The van der Waals surface area contributed by atoms with E-state index in [2.05, 4.69) is 61.9 Å². The molecular formula is C86H110N5+5. The molecule has 0 unspecified atom stereocenters. The monoisotopic (exact) mass is 1240 g/mol. The molecule has 1 saturated carbocycles. The minimum Gasteiger partial charge on any atom is -0.201 e. The van der Waals surface area contributed by atoms with Gasteiger partial charge >= 0.3 is 0 Å². The molecule has 5 nitrogen and oxygen atoms in total. The van der Waals surface area contributed by atoms with Crippen molar-refractivity contribution in [2.24, 2.45) is 35.2 Å². The number of pyridine rings is 5. The fourth-order valence-corrected chi connectivity index (χ4v) is 11.9. The zero-order chi connectivity index (χ0) is 86.6. The van der Waals surface area contributed by atoms with Gasteiger partial charge in [0.25, 0.3) is 0 Å². The van der Waals surface area contributed by atoms with Crippen LogP contribution in [0.2, 0.25) is 0 Å². The predicted octanol–water partition coefficient (Wildman–Crippen LogP) is 18.6. The molecular weight excluding hydrogens is 1100 g/mol. The summed E-state index contributed by atoms with van der Waals surface area (Å²) in [5, 5.41) is 0. The van der Waals surface area contributed by atoms with Crippen LogP contribution in [-0.2, 0) is 79.9 Å². The summed E-state index contributed by atoms with van der Waals surface area (Å²) in [4.78, 5) is 0. The lowest BCUT2D eigenvalue weighted by molar-refractivity contribution is -0.661. The van der Waals surface area contributed by atoms with E-state index < -0.39 is 76.8 Å². The van der Waals surface area contributed by atoms with Crippen molar-refractivity contribution >= 4 is 0 Å². The molecule has 0 N–H and O–H groups in total. The zero-order valence-electron chi connectivity index (χ0n) is 80.2. The van der Waals surface area contributed by atoms with E-state index >= 15 is 0 Å². The number of hydrogen-bond acceptors (Lipinski definition) is 0. The van der Waals surface area contributed by atoms with Crippen LogP contribution in [0.25, 0.3) is 56.3 Å². The van der Waals surface area contributed by atoms with Crippen molar-refractivity contribution in [1.29, 1.82) is 0 Å². The summed E-state index contributed by atoms with van der Waals surface area (Å²) < 4.78 is 198. The van der Waals surface area contributed by atoms with Crippen molar-refractivity contribution in [3.05, 3.63) is 266 Å². The maximum absolute atomic E-state index is 8.17. The Kier molecular flexibility index (Phi) is 16.2. The molecule has 0 bridgehead atoms. The first kappa shape index (κ1) is 43.6. The van der Waals surface area contributed by atoms with Crippen molar-refractivity contribution in [3.63, 3.8) is 0 Å². The Balaban J connectivity index is 0.000000200. The zero-order valence-corrected chi connectivity index (χ0v) is 56.2. The first-order chi connectivity index (χ1) is 52.8. The van der Waals surface area contributed by atoms with E-state index in [4.69, 9.17) is 32.9 Å². The summed E-state index contributed by atoms with van der Waals surface area (Å²) in [5.41, 5.74) is 18.2. The molecule has 1 aliphatic rings. The van der Waals surface area contributed by atoms with E-state index in [-0.39, 0.29) is 11.1 Å². The van der Waals surface area contributed by atoms with Crippen LogP contribution < -0.4 is 22.8 Å². The molecule has 0 aliphatic heterocycles. The normalized spacial score (nSPS) is 17.2. The van der Waals surface area contributed by atoms with Gasteiger partial charge in [-0.25, -0.2) is 22.8 Å². The van der Waals surface area contributed by atoms with Crippen molar-refractivity contribution in [3.8, 4) is 56.3 Å². The summed E-state index contributed by atoms with van der Waals surface area (Å²) in [6.45, 7) is 7.41. The van der Waals surface area contributed by atoms with Crippen LogP contribution in [0.1, 0.15) is 196 Å². The van der Waals surface area contributed by atoms with Gasteiger partial charge in [-0.15, -0.1) is 0 Å². The minimum atomic E-state index is -3.12. The van der Waals surface area contributed by atoms with Crippen LogP contribution in [0.3, 0.4) is 0 Å². The lowest BCUT2D eigenvalue weighted by Crippen LogP contribution is -2.32. The quantitative estimate of drug-likeness (QED) is 0.103. The van der Waals surface area contributed by atoms with Gasteiger partial charge in [-0.1, -0.05) is 152 Å². The third kappa shape index (κ3) is 17.7. The second-order valence-corrected chi connectivity index (χ2v) is 23.3. The van der Waals surface area contributed by atoms with Crippen LogP contribution in [0.5, 0.6) is 0 Å². The summed E-state index contributed by atoms with van der Waals surface area (Å²) in [6.07, 6.45) is 1.57. The molecule has 10 aromatic rings. The van der Waals surface area contributed by atoms with Crippen LogP contribution in [0, 0.1) is 48.3 Å². The van der Waals surface area contributed by atoms with Crippen molar-refractivity contribution < 1.29 is 55.7 Å². The average molecular weight is 1240 g/mol. The van der Waals surface area contributed by atoms with E-state index in [0.717, 1.165) is 92.1 Å². The third-order valence-electron chi connectivity index (χ3n) is 17.1. The van der Waals surface area contributed by atoms with Gasteiger partial charge < -0.3 is 0 Å². The van der Waals surface area contributed by atoms with Crippen LogP contribution in [0.4, 0.5) is 0 Å². The van der Waals surface area contributed by atoms with Gasteiger partial charge in [0.1, 0.15) is 35.2 Å².